The minimum absolute atomic E-state index is 0.154. The van der Waals surface area contributed by atoms with E-state index in [4.69, 9.17) is 4.74 Å². The number of rotatable bonds is 4. The van der Waals surface area contributed by atoms with E-state index < -0.39 is 5.60 Å². The molecule has 3 rings (SSSR count). The number of benzene rings is 1. The summed E-state index contributed by atoms with van der Waals surface area (Å²) in [5.41, 5.74) is 0.933. The van der Waals surface area contributed by atoms with Gasteiger partial charge in [0.05, 0.1) is 0 Å². The molecule has 30 heavy (non-hydrogen) atoms. The van der Waals surface area contributed by atoms with Gasteiger partial charge in [0.15, 0.2) is 0 Å². The molecule has 1 aromatic carbocycles. The second kappa shape index (κ2) is 9.84. The summed E-state index contributed by atoms with van der Waals surface area (Å²) in [7, 11) is 1.81. The molecular formula is C25H38N2O3. The summed E-state index contributed by atoms with van der Waals surface area (Å²) in [5.74, 6) is 1.53. The Bertz CT molecular complexity index is 697. The lowest BCUT2D eigenvalue weighted by atomic mass is 9.80. The standard InChI is InChI=1S/C25H38N2O3/c1-25(2,3)30-24(29)26(4)18-19-10-12-22(13-11-19)23(28)27-16-14-21(15-17-27)20-8-6-5-7-9-20/h5-9,19,21-22H,10-18H2,1-4H3. The van der Waals surface area contributed by atoms with Crippen molar-refractivity contribution in [1.82, 2.24) is 9.80 Å². The lowest BCUT2D eigenvalue weighted by Gasteiger charge is -2.37. The molecule has 0 radical (unpaired) electrons. The highest BCUT2D eigenvalue weighted by atomic mass is 16.6. The lowest BCUT2D eigenvalue weighted by molar-refractivity contribution is -0.138. The van der Waals surface area contributed by atoms with Gasteiger partial charge >= 0.3 is 6.09 Å². The molecule has 0 N–H and O–H groups in total. The van der Waals surface area contributed by atoms with Crippen molar-refractivity contribution in [2.75, 3.05) is 26.7 Å². The molecule has 2 aliphatic rings. The monoisotopic (exact) mass is 414 g/mol. The maximum Gasteiger partial charge on any atom is 0.410 e. The van der Waals surface area contributed by atoms with Gasteiger partial charge in [0.1, 0.15) is 5.60 Å². The van der Waals surface area contributed by atoms with Crippen LogP contribution in [0.1, 0.15) is 70.8 Å². The normalized spacial score (nSPS) is 23.1. The van der Waals surface area contributed by atoms with Crippen LogP contribution in [0.25, 0.3) is 0 Å². The van der Waals surface area contributed by atoms with Crippen molar-refractivity contribution in [2.24, 2.45) is 11.8 Å². The maximum atomic E-state index is 13.0. The molecule has 0 aromatic heterocycles. The van der Waals surface area contributed by atoms with Crippen molar-refractivity contribution < 1.29 is 14.3 Å². The SMILES string of the molecule is CN(CC1CCC(C(=O)N2CCC(c3ccccc3)CC2)CC1)C(=O)OC(C)(C)C. The third-order valence-corrected chi connectivity index (χ3v) is 6.51. The second-order valence-corrected chi connectivity index (χ2v) is 10.1. The van der Waals surface area contributed by atoms with Crippen molar-refractivity contribution in [3.8, 4) is 0 Å². The van der Waals surface area contributed by atoms with Gasteiger partial charge in [-0.3, -0.25) is 4.79 Å². The summed E-state index contributed by atoms with van der Waals surface area (Å²) in [6, 6.07) is 10.7. The second-order valence-electron chi connectivity index (χ2n) is 10.1. The topological polar surface area (TPSA) is 49.9 Å². The summed E-state index contributed by atoms with van der Waals surface area (Å²) < 4.78 is 5.45. The fourth-order valence-electron chi connectivity index (χ4n) is 4.81. The molecule has 1 aliphatic heterocycles. The molecule has 1 saturated heterocycles. The molecular weight excluding hydrogens is 376 g/mol. The molecule has 2 amide bonds. The van der Waals surface area contributed by atoms with E-state index in [-0.39, 0.29) is 12.0 Å². The first-order valence-electron chi connectivity index (χ1n) is 11.5. The Hall–Kier alpha value is -2.04. The predicted molar refractivity (Wildman–Crippen MR) is 119 cm³/mol. The zero-order valence-electron chi connectivity index (χ0n) is 19.1. The molecule has 5 nitrogen and oxygen atoms in total. The number of ether oxygens (including phenoxy) is 1. The molecule has 5 heteroatoms. The molecule has 0 unspecified atom stereocenters. The Labute approximate surface area is 181 Å². The average molecular weight is 415 g/mol. The van der Waals surface area contributed by atoms with Crippen LogP contribution >= 0.6 is 0 Å². The van der Waals surface area contributed by atoms with Crippen molar-refractivity contribution in [3.63, 3.8) is 0 Å². The van der Waals surface area contributed by atoms with Gasteiger partial charge in [0, 0.05) is 32.6 Å². The van der Waals surface area contributed by atoms with Crippen LogP contribution in [0, 0.1) is 11.8 Å². The number of hydrogen-bond donors (Lipinski definition) is 0. The Kier molecular flexibility index (Phi) is 7.43. The summed E-state index contributed by atoms with van der Waals surface area (Å²) in [4.78, 5) is 29.0. The van der Waals surface area contributed by atoms with Gasteiger partial charge < -0.3 is 14.5 Å². The van der Waals surface area contributed by atoms with E-state index in [0.717, 1.165) is 51.6 Å². The Morgan fingerprint density at radius 3 is 2.17 bits per heavy atom. The summed E-state index contributed by atoms with van der Waals surface area (Å²) in [6.07, 6.45) is 5.74. The van der Waals surface area contributed by atoms with Crippen LogP contribution in [0.4, 0.5) is 4.79 Å². The average Bonchev–Trinajstić information content (AvgIpc) is 2.73. The molecule has 1 saturated carbocycles. The number of carbonyl (C=O) groups is 2. The van der Waals surface area contributed by atoms with E-state index in [2.05, 4.69) is 35.2 Å². The molecule has 1 aromatic rings. The van der Waals surface area contributed by atoms with E-state index in [1.165, 1.54) is 5.56 Å². The van der Waals surface area contributed by atoms with Crippen LogP contribution in [0.3, 0.4) is 0 Å². The van der Waals surface area contributed by atoms with Gasteiger partial charge in [-0.25, -0.2) is 4.79 Å². The zero-order chi connectivity index (χ0) is 21.7. The smallest absolute Gasteiger partial charge is 0.410 e. The Morgan fingerprint density at radius 2 is 1.60 bits per heavy atom. The molecule has 0 atom stereocenters. The summed E-state index contributed by atoms with van der Waals surface area (Å²) in [6.45, 7) is 8.12. The van der Waals surface area contributed by atoms with Crippen LogP contribution in [0.15, 0.2) is 30.3 Å². The number of nitrogens with zero attached hydrogens (tertiary/aromatic N) is 2. The summed E-state index contributed by atoms with van der Waals surface area (Å²) in [5, 5.41) is 0. The first-order valence-corrected chi connectivity index (χ1v) is 11.5. The van der Waals surface area contributed by atoms with E-state index in [9.17, 15) is 9.59 Å². The highest BCUT2D eigenvalue weighted by Gasteiger charge is 2.32. The number of hydrogen-bond acceptors (Lipinski definition) is 3. The van der Waals surface area contributed by atoms with E-state index in [1.54, 1.807) is 4.90 Å². The fourth-order valence-corrected chi connectivity index (χ4v) is 4.81. The van der Waals surface area contributed by atoms with Crippen LogP contribution in [-0.2, 0) is 9.53 Å². The van der Waals surface area contributed by atoms with Crippen molar-refractivity contribution >= 4 is 12.0 Å². The van der Waals surface area contributed by atoms with E-state index in [0.29, 0.717) is 24.3 Å². The molecule has 1 aliphatic carbocycles. The predicted octanol–water partition coefficient (Wildman–Crippen LogP) is 5.07. The van der Waals surface area contributed by atoms with Gasteiger partial charge in [-0.2, -0.15) is 0 Å². The Morgan fingerprint density at radius 1 is 1.00 bits per heavy atom. The molecule has 2 fully saturated rings. The molecule has 0 bridgehead atoms. The highest BCUT2D eigenvalue weighted by Crippen LogP contribution is 2.33. The van der Waals surface area contributed by atoms with E-state index >= 15 is 0 Å². The van der Waals surface area contributed by atoms with Crippen molar-refractivity contribution in [2.45, 2.75) is 70.8 Å². The highest BCUT2D eigenvalue weighted by molar-refractivity contribution is 5.79. The van der Waals surface area contributed by atoms with Crippen LogP contribution in [-0.4, -0.2) is 54.1 Å². The summed E-state index contributed by atoms with van der Waals surface area (Å²) >= 11 is 0. The van der Waals surface area contributed by atoms with Crippen LogP contribution < -0.4 is 0 Å². The fraction of sp³-hybridized carbons (Fsp3) is 0.680. The minimum atomic E-state index is -0.469. The van der Waals surface area contributed by atoms with Crippen molar-refractivity contribution in [1.29, 1.82) is 0 Å². The first kappa shape index (κ1) is 22.6. The van der Waals surface area contributed by atoms with Gasteiger partial charge in [-0.15, -0.1) is 0 Å². The first-order chi connectivity index (χ1) is 14.2. The maximum absolute atomic E-state index is 13.0. The number of piperidine rings is 1. The third-order valence-electron chi connectivity index (χ3n) is 6.51. The number of amides is 2. The molecule has 1 heterocycles. The lowest BCUT2D eigenvalue weighted by Crippen LogP contribution is -2.43. The number of carbonyl (C=O) groups excluding carboxylic acids is 2. The number of likely N-dealkylation sites (tertiary alicyclic amines) is 1. The van der Waals surface area contributed by atoms with Gasteiger partial charge in [-0.1, -0.05) is 30.3 Å². The third kappa shape index (κ3) is 6.23. The largest absolute Gasteiger partial charge is 0.444 e. The minimum Gasteiger partial charge on any atom is -0.444 e. The van der Waals surface area contributed by atoms with Gasteiger partial charge in [-0.05, 0) is 76.7 Å². The zero-order valence-corrected chi connectivity index (χ0v) is 19.1. The molecule has 166 valence electrons. The van der Waals surface area contributed by atoms with Gasteiger partial charge in [0.2, 0.25) is 5.91 Å². The molecule has 0 spiro atoms. The van der Waals surface area contributed by atoms with Crippen molar-refractivity contribution in [3.05, 3.63) is 35.9 Å². The van der Waals surface area contributed by atoms with E-state index in [1.807, 2.05) is 27.8 Å². The quantitative estimate of drug-likeness (QED) is 0.691. The van der Waals surface area contributed by atoms with Crippen LogP contribution in [0.2, 0.25) is 0 Å². The Balaban J connectivity index is 1.41. The van der Waals surface area contributed by atoms with Crippen LogP contribution in [0.5, 0.6) is 0 Å². The van der Waals surface area contributed by atoms with Gasteiger partial charge in [0.25, 0.3) is 0 Å².